The van der Waals surface area contributed by atoms with Crippen molar-refractivity contribution >= 4 is 11.8 Å². The first-order valence-electron chi connectivity index (χ1n) is 22.0. The molecular formula is C49H78O5S. The van der Waals surface area contributed by atoms with Crippen LogP contribution in [0.2, 0.25) is 0 Å². The molecule has 3 rings (SSSR count). The van der Waals surface area contributed by atoms with E-state index in [4.69, 9.17) is 23.7 Å². The molecular weight excluding hydrogens is 701 g/mol. The molecule has 1 aliphatic rings. The van der Waals surface area contributed by atoms with E-state index in [1.54, 1.807) is 7.11 Å². The summed E-state index contributed by atoms with van der Waals surface area (Å²) in [7, 11) is 1.71. The maximum Gasteiger partial charge on any atom is 0.164 e. The van der Waals surface area contributed by atoms with Gasteiger partial charge in [0.05, 0.1) is 12.7 Å². The second-order valence-corrected chi connectivity index (χ2v) is 17.3. The lowest BCUT2D eigenvalue weighted by atomic mass is 10.0. The Hall–Kier alpha value is -1.93. The summed E-state index contributed by atoms with van der Waals surface area (Å²) >= 11 is 1.92. The Morgan fingerprint density at radius 1 is 0.727 bits per heavy atom. The van der Waals surface area contributed by atoms with Gasteiger partial charge in [-0.25, -0.2) is 0 Å². The minimum absolute atomic E-state index is 0.0477. The molecule has 4 atom stereocenters. The lowest BCUT2D eigenvalue weighted by molar-refractivity contribution is -0.142. The summed E-state index contributed by atoms with van der Waals surface area (Å²) in [5.74, 6) is -0.627. The van der Waals surface area contributed by atoms with Gasteiger partial charge in [0.25, 0.3) is 0 Å². The first-order valence-corrected chi connectivity index (χ1v) is 22.9. The number of hydrogen-bond donors (Lipinski definition) is 0. The van der Waals surface area contributed by atoms with Gasteiger partial charge in [-0.15, -0.1) is 11.8 Å². The summed E-state index contributed by atoms with van der Waals surface area (Å²) < 4.78 is 30.5. The van der Waals surface area contributed by atoms with Gasteiger partial charge in [0.2, 0.25) is 0 Å². The van der Waals surface area contributed by atoms with Gasteiger partial charge in [0, 0.05) is 23.9 Å². The molecule has 2 aromatic rings. The highest BCUT2D eigenvalue weighted by Crippen LogP contribution is 2.39. The Labute approximate surface area is 341 Å². The van der Waals surface area contributed by atoms with E-state index in [0.717, 1.165) is 38.9 Å². The molecule has 1 unspecified atom stereocenters. The topological polar surface area (TPSA) is 46.2 Å². The highest BCUT2D eigenvalue weighted by Gasteiger charge is 2.44. The van der Waals surface area contributed by atoms with Crippen LogP contribution in [0, 0.1) is 6.92 Å². The van der Waals surface area contributed by atoms with E-state index in [2.05, 4.69) is 92.7 Å². The van der Waals surface area contributed by atoms with Gasteiger partial charge < -0.3 is 23.7 Å². The van der Waals surface area contributed by atoms with Crippen LogP contribution < -0.4 is 0 Å². The number of thioether (sulfide) groups is 1. The van der Waals surface area contributed by atoms with Crippen LogP contribution in [0.15, 0.2) is 83.8 Å². The van der Waals surface area contributed by atoms with E-state index in [-0.39, 0.29) is 23.6 Å². The fourth-order valence-electron chi connectivity index (χ4n) is 7.24. The Kier molecular flexibility index (Phi) is 26.0. The monoisotopic (exact) mass is 779 g/mol. The predicted octanol–water partition coefficient (Wildman–Crippen LogP) is 14.1. The summed E-state index contributed by atoms with van der Waals surface area (Å²) in [4.78, 5) is 1.28. The van der Waals surface area contributed by atoms with Gasteiger partial charge in [0.15, 0.2) is 5.79 Å². The fraction of sp³-hybridized carbons (Fsp3) is 0.673. The zero-order valence-electron chi connectivity index (χ0n) is 35.5. The number of unbranched alkanes of at least 4 members (excludes halogenated alkanes) is 15. The number of allylic oxidation sites excluding steroid dienone is 2. The average molecular weight is 779 g/mol. The normalized spacial score (nSPS) is 18.1. The second kappa shape index (κ2) is 30.2. The van der Waals surface area contributed by atoms with Gasteiger partial charge >= 0.3 is 0 Å². The van der Waals surface area contributed by atoms with Crippen molar-refractivity contribution in [3.63, 3.8) is 0 Å². The van der Waals surface area contributed by atoms with Crippen LogP contribution in [-0.4, -0.2) is 49.9 Å². The lowest BCUT2D eigenvalue weighted by Gasteiger charge is -2.25. The first kappa shape index (κ1) is 47.4. The first-order chi connectivity index (χ1) is 26.9. The van der Waals surface area contributed by atoms with E-state index in [0.29, 0.717) is 6.79 Å². The van der Waals surface area contributed by atoms with Crippen molar-refractivity contribution in [2.75, 3.05) is 20.5 Å². The van der Waals surface area contributed by atoms with Crippen LogP contribution >= 0.6 is 11.8 Å². The molecule has 0 saturated carbocycles. The summed E-state index contributed by atoms with van der Waals surface area (Å²) in [5, 5.41) is 0.241. The van der Waals surface area contributed by atoms with Crippen molar-refractivity contribution in [1.29, 1.82) is 0 Å². The molecule has 1 heterocycles. The molecule has 55 heavy (non-hydrogen) atoms. The quantitative estimate of drug-likeness (QED) is 0.0311. The summed E-state index contributed by atoms with van der Waals surface area (Å²) in [5.41, 5.74) is 2.54. The van der Waals surface area contributed by atoms with Crippen molar-refractivity contribution in [2.24, 2.45) is 0 Å². The van der Waals surface area contributed by atoms with Gasteiger partial charge in [-0.2, -0.15) is 0 Å². The van der Waals surface area contributed by atoms with E-state index in [1.165, 1.54) is 119 Å². The van der Waals surface area contributed by atoms with E-state index in [1.807, 2.05) is 25.6 Å². The van der Waals surface area contributed by atoms with Crippen LogP contribution in [0.3, 0.4) is 0 Å². The van der Waals surface area contributed by atoms with Gasteiger partial charge in [0.1, 0.15) is 19.0 Å². The molecule has 1 fully saturated rings. The molecule has 0 aliphatic carbocycles. The maximum absolute atomic E-state index is 6.66. The zero-order chi connectivity index (χ0) is 39.2. The number of ether oxygens (including phenoxy) is 5. The van der Waals surface area contributed by atoms with Gasteiger partial charge in [-0.3, -0.25) is 0 Å². The molecule has 2 aromatic carbocycles. The molecule has 0 amide bonds. The minimum Gasteiger partial charge on any atom is -0.377 e. The molecule has 0 N–H and O–H groups in total. The summed E-state index contributed by atoms with van der Waals surface area (Å²) in [6.45, 7) is 10.4. The molecule has 0 spiro atoms. The number of benzene rings is 2. The molecule has 0 aromatic heterocycles. The second-order valence-electron chi connectivity index (χ2n) is 16.0. The third-order valence-electron chi connectivity index (χ3n) is 10.4. The maximum atomic E-state index is 6.66. The third-order valence-corrected chi connectivity index (χ3v) is 11.7. The largest absolute Gasteiger partial charge is 0.377 e. The Balaban J connectivity index is 1.38. The number of methoxy groups -OCH3 is 1. The molecule has 310 valence electrons. The molecule has 0 radical (unpaired) electrons. The van der Waals surface area contributed by atoms with E-state index in [9.17, 15) is 0 Å². The fourth-order valence-corrected chi connectivity index (χ4v) is 8.43. The standard InChI is InChI=1S/C49H78O5S/c1-6-7-8-9-10-13-17-20-26-34-47(55-45-37-35-42(2)36-38-45)48-46(53-49(3,4)54-48)33-28-32-44(52-41-50-5)31-25-19-16-14-11-12-15-18-21-27-39-51-40-43-29-23-22-24-30-43/h20,22-24,26,28-30,33,35-38,44,46-48H,6-19,21,25,27,31-32,34,39-41H2,1-5H3/b26-20+,33-28+/t44-,46-,47?,48+/m1/s1. The third kappa shape index (κ3) is 22.6. The Morgan fingerprint density at radius 3 is 2.07 bits per heavy atom. The Bertz CT molecular complexity index is 1250. The summed E-state index contributed by atoms with van der Waals surface area (Å²) in [6, 6.07) is 19.3. The van der Waals surface area contributed by atoms with Crippen molar-refractivity contribution in [3.05, 3.63) is 90.0 Å². The highest BCUT2D eigenvalue weighted by molar-refractivity contribution is 8.00. The average Bonchev–Trinajstić information content (AvgIpc) is 3.50. The summed E-state index contributed by atoms with van der Waals surface area (Å²) in [6.07, 6.45) is 34.1. The highest BCUT2D eigenvalue weighted by atomic mass is 32.2. The molecule has 0 bridgehead atoms. The van der Waals surface area contributed by atoms with Crippen LogP contribution in [0.4, 0.5) is 0 Å². The number of hydrogen-bond acceptors (Lipinski definition) is 6. The molecule has 1 saturated heterocycles. The molecule has 6 heteroatoms. The van der Waals surface area contributed by atoms with Crippen LogP contribution in [0.25, 0.3) is 0 Å². The van der Waals surface area contributed by atoms with Crippen LogP contribution in [0.1, 0.15) is 160 Å². The minimum atomic E-state index is -0.627. The van der Waals surface area contributed by atoms with Crippen molar-refractivity contribution in [2.45, 2.75) is 197 Å². The van der Waals surface area contributed by atoms with Crippen molar-refractivity contribution in [1.82, 2.24) is 0 Å². The molecule has 5 nitrogen and oxygen atoms in total. The smallest absolute Gasteiger partial charge is 0.164 e. The van der Waals surface area contributed by atoms with E-state index >= 15 is 0 Å². The van der Waals surface area contributed by atoms with Gasteiger partial charge in [-0.05, 0) is 77.0 Å². The van der Waals surface area contributed by atoms with Gasteiger partial charge in [-0.1, -0.05) is 169 Å². The lowest BCUT2D eigenvalue weighted by Crippen LogP contribution is -2.32. The molecule has 1 aliphatic heterocycles. The van der Waals surface area contributed by atoms with Crippen molar-refractivity contribution < 1.29 is 23.7 Å². The predicted molar refractivity (Wildman–Crippen MR) is 234 cm³/mol. The van der Waals surface area contributed by atoms with Crippen molar-refractivity contribution in [3.8, 4) is 0 Å². The van der Waals surface area contributed by atoms with Crippen LogP contribution in [-0.2, 0) is 30.3 Å². The van der Waals surface area contributed by atoms with E-state index < -0.39 is 5.79 Å². The SMILES string of the molecule is CCCCCCCC/C=C/CC(Sc1ccc(C)cc1)[C@H]1OC(C)(C)O[C@@H]1/C=C/C[C@@H](CCCCCCCCCCCCOCc1ccccc1)OCOC. The zero-order valence-corrected chi connectivity index (χ0v) is 36.3. The Morgan fingerprint density at radius 2 is 1.38 bits per heavy atom. The number of aryl methyl sites for hydroxylation is 1. The van der Waals surface area contributed by atoms with Crippen LogP contribution in [0.5, 0.6) is 0 Å². The number of rotatable bonds is 33.